The molecule has 1 aromatic carbocycles. The van der Waals surface area contributed by atoms with Gasteiger partial charge in [0.15, 0.2) is 30.7 Å². The molecule has 2 amide bonds. The van der Waals surface area contributed by atoms with E-state index in [1.165, 1.54) is 18.2 Å². The molecule has 2 radical (unpaired) electrons. The summed E-state index contributed by atoms with van der Waals surface area (Å²) in [5.74, 6) is -2.35. The number of anilines is 2. The number of aromatic hydroxyl groups is 1. The summed E-state index contributed by atoms with van der Waals surface area (Å²) in [6, 6.07) is 2.24. The summed E-state index contributed by atoms with van der Waals surface area (Å²) in [7, 11) is 6.37. The molecule has 2 aliphatic rings. The van der Waals surface area contributed by atoms with Crippen molar-refractivity contribution in [1.82, 2.24) is 34.0 Å². The number of halogens is 4. The summed E-state index contributed by atoms with van der Waals surface area (Å²) in [6.45, 7) is 4.22. The van der Waals surface area contributed by atoms with E-state index in [-0.39, 0.29) is 85.0 Å². The van der Waals surface area contributed by atoms with Gasteiger partial charge in [-0.15, -0.1) is 5.10 Å². The largest absolute Gasteiger partial charge is 0.504 e. The van der Waals surface area contributed by atoms with E-state index in [1.807, 2.05) is 0 Å². The molecular weight excluding hydrogens is 698 g/mol. The number of nitrogens with one attached hydrogen (secondary N) is 1. The van der Waals surface area contributed by atoms with Crippen molar-refractivity contribution in [3.05, 3.63) is 74.4 Å². The molecule has 6 rings (SSSR count). The van der Waals surface area contributed by atoms with E-state index >= 15 is 0 Å². The Kier molecular flexibility index (Phi) is 9.56. The Balaban J connectivity index is 1.41. The van der Waals surface area contributed by atoms with Crippen molar-refractivity contribution >= 4 is 54.0 Å². The van der Waals surface area contributed by atoms with Crippen LogP contribution in [0.25, 0.3) is 11.4 Å². The fourth-order valence-corrected chi connectivity index (χ4v) is 6.15. The maximum atomic E-state index is 14.2. The van der Waals surface area contributed by atoms with Crippen LogP contribution in [0, 0.1) is 6.92 Å². The van der Waals surface area contributed by atoms with E-state index in [1.54, 1.807) is 17.9 Å². The standard InChI is InChI=1S/C31H30BClF3N9O6/c1-3-21-23(42-8-10-43(11-9-42)26(47)22-24(46)16(2)37-15-38-22)27(48)45-29(40-25(41-45)17-6-12-51-13-7-17)44(21)30(32,50)28(49)39-20-5-4-18(14-19(20)33)31(34,35)36/h4-6,14-15,46,50H,3,7-13H2,1-2H3,(H,39,49). The molecule has 0 spiro atoms. The lowest BCUT2D eigenvalue weighted by atomic mass is 9.88. The van der Waals surface area contributed by atoms with Crippen LogP contribution < -0.4 is 15.8 Å². The number of ether oxygens (including phenoxy) is 1. The third-order valence-corrected chi connectivity index (χ3v) is 8.94. The number of benzene rings is 1. The first kappa shape index (κ1) is 35.8. The van der Waals surface area contributed by atoms with Crippen LogP contribution in [0.3, 0.4) is 0 Å². The zero-order chi connectivity index (χ0) is 36.8. The van der Waals surface area contributed by atoms with Crippen LogP contribution in [0.4, 0.5) is 24.5 Å². The quantitative estimate of drug-likeness (QED) is 0.238. The molecular formula is C31H30BClF3N9O6. The van der Waals surface area contributed by atoms with Crippen molar-refractivity contribution in [3.8, 4) is 5.75 Å². The van der Waals surface area contributed by atoms with Crippen LogP contribution in [0.2, 0.25) is 5.02 Å². The summed E-state index contributed by atoms with van der Waals surface area (Å²) in [5.41, 5.74) is -4.17. The first-order valence-corrected chi connectivity index (χ1v) is 16.1. The molecule has 1 fully saturated rings. The minimum Gasteiger partial charge on any atom is -0.504 e. The number of carbonyl (C=O) groups excluding carboxylic acids is 2. The second-order valence-corrected chi connectivity index (χ2v) is 12.2. The van der Waals surface area contributed by atoms with Gasteiger partial charge in [-0.1, -0.05) is 24.6 Å². The van der Waals surface area contributed by atoms with Crippen molar-refractivity contribution in [1.29, 1.82) is 0 Å². The summed E-state index contributed by atoms with van der Waals surface area (Å²) < 4.78 is 46.9. The average molecular weight is 728 g/mol. The summed E-state index contributed by atoms with van der Waals surface area (Å²) in [6.07, 6.45) is -1.36. The topological polar surface area (TPSA) is 180 Å². The van der Waals surface area contributed by atoms with Crippen molar-refractivity contribution in [2.75, 3.05) is 49.6 Å². The number of aromatic nitrogens is 6. The Morgan fingerprint density at radius 1 is 1.16 bits per heavy atom. The number of carbonyl (C=O) groups is 2. The molecule has 1 atom stereocenters. The van der Waals surface area contributed by atoms with Gasteiger partial charge in [0.05, 0.1) is 40.9 Å². The molecule has 5 heterocycles. The summed E-state index contributed by atoms with van der Waals surface area (Å²) in [4.78, 5) is 56.6. The molecule has 1 saturated heterocycles. The first-order chi connectivity index (χ1) is 24.1. The Labute approximate surface area is 293 Å². The van der Waals surface area contributed by atoms with Gasteiger partial charge < -0.3 is 30.1 Å². The molecule has 1 unspecified atom stereocenters. The van der Waals surface area contributed by atoms with Crippen LogP contribution in [0.1, 0.15) is 46.6 Å². The molecule has 3 N–H and O–H groups in total. The molecule has 20 heteroatoms. The predicted molar refractivity (Wildman–Crippen MR) is 178 cm³/mol. The van der Waals surface area contributed by atoms with Gasteiger partial charge in [0, 0.05) is 26.2 Å². The average Bonchev–Trinajstić information content (AvgIpc) is 3.55. The highest BCUT2D eigenvalue weighted by molar-refractivity contribution is 6.34. The van der Waals surface area contributed by atoms with Gasteiger partial charge in [-0.25, -0.2) is 9.97 Å². The van der Waals surface area contributed by atoms with Gasteiger partial charge in [0.25, 0.3) is 17.4 Å². The number of fused-ring (bicyclic) bond motifs is 1. The smallest absolute Gasteiger partial charge is 0.416 e. The number of rotatable bonds is 7. The zero-order valence-corrected chi connectivity index (χ0v) is 28.0. The van der Waals surface area contributed by atoms with E-state index in [4.69, 9.17) is 24.2 Å². The van der Waals surface area contributed by atoms with E-state index in [0.717, 1.165) is 15.1 Å². The second-order valence-electron chi connectivity index (χ2n) is 11.8. The maximum Gasteiger partial charge on any atom is 0.416 e. The molecule has 2 aliphatic heterocycles. The predicted octanol–water partition coefficient (Wildman–Crippen LogP) is 2.11. The Hall–Kier alpha value is -5.01. The highest BCUT2D eigenvalue weighted by Crippen LogP contribution is 2.35. The van der Waals surface area contributed by atoms with E-state index in [2.05, 4.69) is 25.4 Å². The second kappa shape index (κ2) is 13.6. The Morgan fingerprint density at radius 2 is 1.88 bits per heavy atom. The molecule has 266 valence electrons. The number of nitrogens with zero attached hydrogens (tertiary/aromatic N) is 8. The van der Waals surface area contributed by atoms with Crippen LogP contribution in [0.15, 0.2) is 35.4 Å². The number of alkyl halides is 3. The number of hydrogen-bond acceptors (Lipinski definition) is 11. The van der Waals surface area contributed by atoms with Gasteiger partial charge in [0.2, 0.25) is 5.78 Å². The van der Waals surface area contributed by atoms with Crippen molar-refractivity contribution in [2.24, 2.45) is 0 Å². The van der Waals surface area contributed by atoms with Crippen molar-refractivity contribution < 1.29 is 37.7 Å². The normalized spacial score (nSPS) is 16.6. The molecule has 15 nitrogen and oxygen atoms in total. The maximum absolute atomic E-state index is 14.2. The first-order valence-electron chi connectivity index (χ1n) is 15.7. The van der Waals surface area contributed by atoms with Crippen LogP contribution in [-0.4, -0.2) is 103 Å². The highest BCUT2D eigenvalue weighted by atomic mass is 35.5. The lowest BCUT2D eigenvalue weighted by molar-refractivity contribution is -0.137. The molecule has 0 aliphatic carbocycles. The Bertz CT molecular complexity index is 2130. The van der Waals surface area contributed by atoms with Gasteiger partial charge in [-0.05, 0) is 43.5 Å². The van der Waals surface area contributed by atoms with Crippen LogP contribution in [-0.2, 0) is 27.8 Å². The monoisotopic (exact) mass is 727 g/mol. The van der Waals surface area contributed by atoms with Gasteiger partial charge >= 0.3 is 6.18 Å². The van der Waals surface area contributed by atoms with Gasteiger partial charge in [-0.2, -0.15) is 22.7 Å². The van der Waals surface area contributed by atoms with E-state index < -0.39 is 39.8 Å². The number of aliphatic hydroxyl groups is 1. The highest BCUT2D eigenvalue weighted by Gasteiger charge is 2.39. The number of aryl methyl sites for hydroxylation is 1. The van der Waals surface area contributed by atoms with E-state index in [0.29, 0.717) is 30.7 Å². The molecule has 0 saturated carbocycles. The van der Waals surface area contributed by atoms with Crippen molar-refractivity contribution in [3.63, 3.8) is 0 Å². The molecule has 3 aromatic heterocycles. The zero-order valence-electron chi connectivity index (χ0n) is 27.2. The van der Waals surface area contributed by atoms with Crippen molar-refractivity contribution in [2.45, 2.75) is 38.5 Å². The van der Waals surface area contributed by atoms with E-state index in [9.17, 15) is 37.8 Å². The fourth-order valence-electron chi connectivity index (χ4n) is 5.92. The minimum absolute atomic E-state index is 0.0134. The third kappa shape index (κ3) is 6.63. The molecule has 4 aromatic rings. The fraction of sp³-hybridized carbons (Fsp3) is 0.387. The number of piperazine rings is 1. The minimum atomic E-state index is -4.70. The number of amides is 2. The van der Waals surface area contributed by atoms with Gasteiger partial charge in [-0.3, -0.25) is 19.0 Å². The van der Waals surface area contributed by atoms with Crippen LogP contribution >= 0.6 is 11.6 Å². The summed E-state index contributed by atoms with van der Waals surface area (Å²) >= 11 is 6.07. The number of hydrogen-bond donors (Lipinski definition) is 3. The lowest BCUT2D eigenvalue weighted by Crippen LogP contribution is -2.53. The summed E-state index contributed by atoms with van der Waals surface area (Å²) in [5, 5.41) is 28.4. The molecule has 51 heavy (non-hydrogen) atoms. The van der Waals surface area contributed by atoms with Gasteiger partial charge in [0.1, 0.15) is 12.0 Å². The molecule has 0 bridgehead atoms. The third-order valence-electron chi connectivity index (χ3n) is 8.62. The lowest BCUT2D eigenvalue weighted by Gasteiger charge is -2.38. The Morgan fingerprint density at radius 3 is 2.51 bits per heavy atom. The SMILES string of the molecule is [B]C(O)(C(=O)Nc1ccc(C(F)(F)F)cc1Cl)n1c(CC)c(N2CCN(C(=O)c3ncnc(C)c3O)CC2)c(=O)n2nc(C3=CCOCC3)nc12. The van der Waals surface area contributed by atoms with Crippen LogP contribution in [0.5, 0.6) is 5.75 Å².